The molecule has 3 heterocycles. The molecule has 0 radical (unpaired) electrons. The van der Waals surface area contributed by atoms with Crippen molar-refractivity contribution in [3.63, 3.8) is 0 Å². The number of carbonyl (C=O) groups is 1. The maximum Gasteiger partial charge on any atom is 0.256 e. The maximum atomic E-state index is 13.9. The molecule has 1 aliphatic heterocycles. The minimum absolute atomic E-state index is 0.0428. The lowest BCUT2D eigenvalue weighted by Crippen LogP contribution is -2.29. The molecule has 2 aromatic heterocycles. The molecule has 0 bridgehead atoms. The van der Waals surface area contributed by atoms with Crippen molar-refractivity contribution in [1.82, 2.24) is 14.9 Å². The van der Waals surface area contributed by atoms with E-state index in [-0.39, 0.29) is 5.91 Å². The van der Waals surface area contributed by atoms with E-state index >= 15 is 0 Å². The Hall–Kier alpha value is -3.83. The molecule has 3 aromatic rings. The Morgan fingerprint density at radius 1 is 0.929 bits per heavy atom. The minimum Gasteiger partial charge on any atom is -0.321 e. The number of pyridine rings is 2. The predicted molar refractivity (Wildman–Crippen MR) is 172 cm³/mol. The standard InChI is InChI=1S/C37H42N4O/c1-2-29-12-9-13-30-14-15-31(32-20-28(23-38-24-32)26-41-18-7-4-8-19-41)22-35(30)36(29)37(42)40-34-17-16-33(39-25-34)21-27-10-5-3-6-11-27/h3,5,10,14-17,20,22-25H,2,4,6-9,11-13,18-19,21,26H2,1H3,(H,40,42). The van der Waals surface area contributed by atoms with E-state index in [4.69, 9.17) is 0 Å². The molecule has 1 N–H and O–H groups in total. The average Bonchev–Trinajstić information content (AvgIpc) is 3.22. The summed E-state index contributed by atoms with van der Waals surface area (Å²) in [6.45, 7) is 5.44. The number of benzene rings is 1. The quantitative estimate of drug-likeness (QED) is 0.304. The average molecular weight is 559 g/mol. The van der Waals surface area contributed by atoms with Gasteiger partial charge in [-0.15, -0.1) is 0 Å². The van der Waals surface area contributed by atoms with Crippen LogP contribution in [0.4, 0.5) is 5.69 Å². The molecule has 5 heteroatoms. The summed E-state index contributed by atoms with van der Waals surface area (Å²) in [4.78, 5) is 25.8. The van der Waals surface area contributed by atoms with Crippen LogP contribution in [0.5, 0.6) is 0 Å². The summed E-state index contributed by atoms with van der Waals surface area (Å²) in [5, 5.41) is 3.19. The van der Waals surface area contributed by atoms with E-state index in [9.17, 15) is 4.79 Å². The van der Waals surface area contributed by atoms with E-state index in [1.54, 1.807) is 6.20 Å². The van der Waals surface area contributed by atoms with Gasteiger partial charge < -0.3 is 5.32 Å². The second kappa shape index (κ2) is 13.4. The van der Waals surface area contributed by atoms with E-state index in [0.29, 0.717) is 0 Å². The molecule has 0 atom stereocenters. The first-order chi connectivity index (χ1) is 20.7. The third-order valence-corrected chi connectivity index (χ3v) is 8.89. The van der Waals surface area contributed by atoms with Crippen molar-refractivity contribution in [2.24, 2.45) is 0 Å². The number of nitrogens with zero attached hydrogens (tertiary/aromatic N) is 3. The van der Waals surface area contributed by atoms with Crippen LogP contribution < -0.4 is 5.32 Å². The van der Waals surface area contributed by atoms with Gasteiger partial charge in [0.2, 0.25) is 0 Å². The summed E-state index contributed by atoms with van der Waals surface area (Å²) >= 11 is 0. The highest BCUT2D eigenvalue weighted by atomic mass is 16.1. The number of piperidine rings is 1. The van der Waals surface area contributed by atoms with Crippen LogP contribution in [0, 0.1) is 0 Å². The van der Waals surface area contributed by atoms with E-state index in [1.165, 1.54) is 54.6 Å². The number of aryl methyl sites for hydroxylation is 1. The predicted octanol–water partition coefficient (Wildman–Crippen LogP) is 8.09. The smallest absolute Gasteiger partial charge is 0.256 e. The van der Waals surface area contributed by atoms with Gasteiger partial charge in [-0.1, -0.05) is 54.9 Å². The van der Waals surface area contributed by atoms with Gasteiger partial charge in [0.25, 0.3) is 5.91 Å². The van der Waals surface area contributed by atoms with Crippen molar-refractivity contribution < 1.29 is 4.79 Å². The van der Waals surface area contributed by atoms with Crippen molar-refractivity contribution in [1.29, 1.82) is 0 Å². The lowest BCUT2D eigenvalue weighted by atomic mass is 9.91. The first-order valence-electron chi connectivity index (χ1n) is 15.8. The molecule has 2 aliphatic carbocycles. The number of amides is 1. The number of allylic oxidation sites excluding steroid dienone is 5. The summed E-state index contributed by atoms with van der Waals surface area (Å²) in [6, 6.07) is 12.9. The van der Waals surface area contributed by atoms with Crippen LogP contribution in [0.25, 0.3) is 16.7 Å². The van der Waals surface area contributed by atoms with Gasteiger partial charge in [-0.25, -0.2) is 0 Å². The Morgan fingerprint density at radius 2 is 1.83 bits per heavy atom. The van der Waals surface area contributed by atoms with E-state index in [2.05, 4.69) is 69.6 Å². The van der Waals surface area contributed by atoms with Crippen LogP contribution in [0.3, 0.4) is 0 Å². The lowest BCUT2D eigenvalue weighted by Gasteiger charge is -2.26. The summed E-state index contributed by atoms with van der Waals surface area (Å²) in [6.07, 6.45) is 23.1. The summed E-state index contributed by atoms with van der Waals surface area (Å²) in [7, 11) is 0. The molecule has 216 valence electrons. The molecule has 0 saturated carbocycles. The van der Waals surface area contributed by atoms with Crippen molar-refractivity contribution >= 4 is 17.2 Å². The van der Waals surface area contributed by atoms with Crippen molar-refractivity contribution in [3.05, 3.63) is 107 Å². The van der Waals surface area contributed by atoms with Gasteiger partial charge >= 0.3 is 0 Å². The highest BCUT2D eigenvalue weighted by Crippen LogP contribution is 2.35. The topological polar surface area (TPSA) is 58.1 Å². The molecule has 0 unspecified atom stereocenters. The van der Waals surface area contributed by atoms with Crippen LogP contribution in [0.15, 0.2) is 84.4 Å². The van der Waals surface area contributed by atoms with Crippen LogP contribution in [0.1, 0.15) is 80.7 Å². The summed E-state index contributed by atoms with van der Waals surface area (Å²) < 4.78 is 0. The van der Waals surface area contributed by atoms with E-state index in [0.717, 1.165) is 85.1 Å². The number of carbonyl (C=O) groups excluding carboxylic acids is 1. The van der Waals surface area contributed by atoms with Gasteiger partial charge in [0.15, 0.2) is 0 Å². The number of hydrogen-bond acceptors (Lipinski definition) is 4. The largest absolute Gasteiger partial charge is 0.321 e. The van der Waals surface area contributed by atoms with Gasteiger partial charge in [-0.2, -0.15) is 0 Å². The molecule has 5 nitrogen and oxygen atoms in total. The second-order valence-electron chi connectivity index (χ2n) is 11.9. The van der Waals surface area contributed by atoms with E-state index < -0.39 is 0 Å². The Morgan fingerprint density at radius 3 is 2.62 bits per heavy atom. The normalized spacial score (nSPS) is 17.4. The fourth-order valence-electron chi connectivity index (χ4n) is 6.59. The minimum atomic E-state index is -0.0428. The SMILES string of the molecule is CCC1=C(C(=O)Nc2ccc(CC3=CC=CCC3)nc2)c2cc(-c3cncc(CN4CCCCC4)c3)ccc2CCC1. The fraction of sp³-hybridized carbons (Fsp3) is 0.378. The number of fused-ring (bicyclic) bond motifs is 1. The summed E-state index contributed by atoms with van der Waals surface area (Å²) in [5.41, 5.74) is 11.0. The molecule has 42 heavy (non-hydrogen) atoms. The Labute approximate surface area is 250 Å². The van der Waals surface area contributed by atoms with Gasteiger partial charge in [0.05, 0.1) is 11.9 Å². The molecular formula is C37H42N4O. The number of hydrogen-bond donors (Lipinski definition) is 1. The van der Waals surface area contributed by atoms with Gasteiger partial charge in [0.1, 0.15) is 0 Å². The molecule has 1 fully saturated rings. The molecule has 0 spiro atoms. The van der Waals surface area contributed by atoms with Crippen LogP contribution in [-0.4, -0.2) is 33.9 Å². The van der Waals surface area contributed by atoms with Crippen LogP contribution in [-0.2, 0) is 24.2 Å². The van der Waals surface area contributed by atoms with Crippen molar-refractivity contribution in [3.8, 4) is 11.1 Å². The number of aromatic nitrogens is 2. The lowest BCUT2D eigenvalue weighted by molar-refractivity contribution is -0.111. The molecule has 1 amide bonds. The molecule has 1 aromatic carbocycles. The van der Waals surface area contributed by atoms with Crippen molar-refractivity contribution in [2.75, 3.05) is 18.4 Å². The van der Waals surface area contributed by atoms with Gasteiger partial charge in [-0.3, -0.25) is 19.7 Å². The number of anilines is 1. The zero-order valence-corrected chi connectivity index (χ0v) is 24.9. The number of likely N-dealkylation sites (tertiary alicyclic amines) is 1. The third kappa shape index (κ3) is 6.79. The van der Waals surface area contributed by atoms with Crippen LogP contribution >= 0.6 is 0 Å². The van der Waals surface area contributed by atoms with Gasteiger partial charge in [0, 0.05) is 42.2 Å². The third-order valence-electron chi connectivity index (χ3n) is 8.89. The monoisotopic (exact) mass is 558 g/mol. The number of nitrogens with one attached hydrogen (secondary N) is 1. The molecule has 6 rings (SSSR count). The molecular weight excluding hydrogens is 516 g/mol. The highest BCUT2D eigenvalue weighted by molar-refractivity contribution is 6.26. The molecule has 1 saturated heterocycles. The Kier molecular flexibility index (Phi) is 9.05. The first-order valence-corrected chi connectivity index (χ1v) is 15.8. The fourth-order valence-corrected chi connectivity index (χ4v) is 6.59. The van der Waals surface area contributed by atoms with Crippen LogP contribution in [0.2, 0.25) is 0 Å². The van der Waals surface area contributed by atoms with E-state index in [1.807, 2.05) is 24.5 Å². The molecule has 3 aliphatic rings. The zero-order chi connectivity index (χ0) is 28.7. The maximum absolute atomic E-state index is 13.9. The Balaban J connectivity index is 1.24. The highest BCUT2D eigenvalue weighted by Gasteiger charge is 2.23. The second-order valence-corrected chi connectivity index (χ2v) is 11.9. The number of rotatable bonds is 8. The Bertz CT molecular complexity index is 1510. The summed E-state index contributed by atoms with van der Waals surface area (Å²) in [5.74, 6) is -0.0428. The van der Waals surface area contributed by atoms with Crippen molar-refractivity contribution in [2.45, 2.75) is 77.7 Å². The first kappa shape index (κ1) is 28.3. The zero-order valence-electron chi connectivity index (χ0n) is 24.9. The van der Waals surface area contributed by atoms with Gasteiger partial charge in [-0.05, 0) is 111 Å².